The molecule has 1 saturated carbocycles. The van der Waals surface area contributed by atoms with Crippen molar-refractivity contribution in [3.8, 4) is 0 Å². The van der Waals surface area contributed by atoms with Crippen molar-refractivity contribution in [1.29, 1.82) is 0 Å². The van der Waals surface area contributed by atoms with Gasteiger partial charge in [0.05, 0.1) is 10.4 Å². The number of hydrogen-bond donors (Lipinski definition) is 2. The number of aromatic nitrogens is 1. The molecule has 0 saturated heterocycles. The summed E-state index contributed by atoms with van der Waals surface area (Å²) in [4.78, 5) is 17.1. The molecule has 1 aliphatic carbocycles. The highest BCUT2D eigenvalue weighted by atomic mass is 32.1. The van der Waals surface area contributed by atoms with Crippen LogP contribution in [-0.2, 0) is 0 Å². The van der Waals surface area contributed by atoms with Gasteiger partial charge in [-0.2, -0.15) is 0 Å². The van der Waals surface area contributed by atoms with E-state index < -0.39 is 0 Å². The second kappa shape index (κ2) is 5.64. The Morgan fingerprint density at radius 3 is 2.90 bits per heavy atom. The van der Waals surface area contributed by atoms with E-state index in [0.717, 1.165) is 16.6 Å². The second-order valence-corrected chi connectivity index (χ2v) is 7.32. The van der Waals surface area contributed by atoms with Gasteiger partial charge in [0, 0.05) is 24.3 Å². The first-order valence-corrected chi connectivity index (χ1v) is 8.31. The maximum atomic E-state index is 12.4. The predicted octanol–water partition coefficient (Wildman–Crippen LogP) is 3.58. The Balaban J connectivity index is 1.73. The molecule has 0 unspecified atom stereocenters. The van der Waals surface area contributed by atoms with E-state index in [1.807, 2.05) is 6.07 Å². The molecule has 112 valence electrons. The fourth-order valence-electron chi connectivity index (χ4n) is 3.10. The van der Waals surface area contributed by atoms with Crippen molar-refractivity contribution >= 4 is 33.0 Å². The number of carbonyl (C=O) groups is 1. The van der Waals surface area contributed by atoms with E-state index in [1.165, 1.54) is 43.4 Å². The summed E-state index contributed by atoms with van der Waals surface area (Å²) < 4.78 is 0.962. The van der Waals surface area contributed by atoms with Crippen molar-refractivity contribution in [3.63, 3.8) is 0 Å². The molecule has 0 bridgehead atoms. The van der Waals surface area contributed by atoms with Crippen molar-refractivity contribution in [2.75, 3.05) is 12.3 Å². The lowest BCUT2D eigenvalue weighted by Crippen LogP contribution is -2.36. The van der Waals surface area contributed by atoms with Crippen LogP contribution >= 0.6 is 11.3 Å². The zero-order chi connectivity index (χ0) is 14.9. The van der Waals surface area contributed by atoms with Gasteiger partial charge >= 0.3 is 0 Å². The standard InChI is InChI=1S/C16H21N3OS/c1-16(6-3-2-4-7-16)10-19-15(20)14-13(17)11-5-8-18-9-12(11)21-14/h5,8-9H,2-4,6-7,10,17H2,1H3,(H,19,20). The van der Waals surface area contributed by atoms with Gasteiger partial charge in [0.15, 0.2) is 0 Å². The number of carbonyl (C=O) groups excluding carboxylic acids is 1. The summed E-state index contributed by atoms with van der Waals surface area (Å²) in [7, 11) is 0. The number of nitrogens with two attached hydrogens (primary N) is 1. The number of rotatable bonds is 3. The number of nitrogens with one attached hydrogen (secondary N) is 1. The minimum Gasteiger partial charge on any atom is -0.397 e. The van der Waals surface area contributed by atoms with Crippen LogP contribution in [0.15, 0.2) is 18.5 Å². The van der Waals surface area contributed by atoms with Crippen molar-refractivity contribution in [2.24, 2.45) is 5.41 Å². The number of nitrogens with zero attached hydrogens (tertiary/aromatic N) is 1. The lowest BCUT2D eigenvalue weighted by Gasteiger charge is -2.33. The van der Waals surface area contributed by atoms with Gasteiger partial charge < -0.3 is 11.1 Å². The molecule has 0 atom stereocenters. The molecule has 2 aromatic heterocycles. The van der Waals surface area contributed by atoms with Crippen LogP contribution in [0.4, 0.5) is 5.69 Å². The molecular formula is C16H21N3OS. The summed E-state index contributed by atoms with van der Waals surface area (Å²) in [6, 6.07) is 1.86. The number of hydrogen-bond acceptors (Lipinski definition) is 4. The van der Waals surface area contributed by atoms with E-state index >= 15 is 0 Å². The van der Waals surface area contributed by atoms with Crippen LogP contribution in [0.25, 0.3) is 10.1 Å². The Morgan fingerprint density at radius 2 is 2.19 bits per heavy atom. The Kier molecular flexibility index (Phi) is 3.85. The van der Waals surface area contributed by atoms with Gasteiger partial charge in [-0.25, -0.2) is 0 Å². The Morgan fingerprint density at radius 1 is 1.43 bits per heavy atom. The molecule has 3 rings (SSSR count). The highest BCUT2D eigenvalue weighted by Crippen LogP contribution is 2.36. The SMILES string of the molecule is CC1(CNC(=O)c2sc3cnccc3c2N)CCCCC1. The molecule has 1 fully saturated rings. The van der Waals surface area contributed by atoms with E-state index in [-0.39, 0.29) is 11.3 Å². The maximum Gasteiger partial charge on any atom is 0.263 e. The molecule has 3 N–H and O–H groups in total. The monoisotopic (exact) mass is 303 g/mol. The number of nitrogen functional groups attached to an aromatic ring is 1. The minimum absolute atomic E-state index is 0.0551. The van der Waals surface area contributed by atoms with Gasteiger partial charge in [-0.05, 0) is 24.3 Å². The first-order chi connectivity index (χ1) is 10.1. The highest BCUT2D eigenvalue weighted by molar-refractivity contribution is 7.21. The fraction of sp³-hybridized carbons (Fsp3) is 0.500. The average molecular weight is 303 g/mol. The van der Waals surface area contributed by atoms with Crippen molar-refractivity contribution < 1.29 is 4.79 Å². The largest absolute Gasteiger partial charge is 0.397 e. The first-order valence-electron chi connectivity index (χ1n) is 7.49. The van der Waals surface area contributed by atoms with Crippen molar-refractivity contribution in [2.45, 2.75) is 39.0 Å². The van der Waals surface area contributed by atoms with Crippen LogP contribution in [-0.4, -0.2) is 17.4 Å². The quantitative estimate of drug-likeness (QED) is 0.910. The van der Waals surface area contributed by atoms with Gasteiger partial charge in [-0.3, -0.25) is 9.78 Å². The van der Waals surface area contributed by atoms with Crippen LogP contribution in [0.1, 0.15) is 48.7 Å². The van der Waals surface area contributed by atoms with Gasteiger partial charge in [-0.15, -0.1) is 11.3 Å². The Labute approximate surface area is 128 Å². The van der Waals surface area contributed by atoms with Crippen LogP contribution in [0, 0.1) is 5.41 Å². The lowest BCUT2D eigenvalue weighted by molar-refractivity contribution is 0.0924. The summed E-state index contributed by atoms with van der Waals surface area (Å²) in [5.41, 5.74) is 6.91. The molecule has 1 amide bonds. The summed E-state index contributed by atoms with van der Waals surface area (Å²) in [6.07, 6.45) is 9.70. The highest BCUT2D eigenvalue weighted by Gasteiger charge is 2.28. The normalized spacial score (nSPS) is 17.8. The minimum atomic E-state index is -0.0551. The number of thiophene rings is 1. The zero-order valence-electron chi connectivity index (χ0n) is 12.3. The van der Waals surface area contributed by atoms with Crippen LogP contribution in [0.5, 0.6) is 0 Å². The number of anilines is 1. The third kappa shape index (κ3) is 2.88. The van der Waals surface area contributed by atoms with E-state index in [2.05, 4.69) is 17.2 Å². The smallest absolute Gasteiger partial charge is 0.263 e. The molecule has 0 aromatic carbocycles. The van der Waals surface area contributed by atoms with Crippen molar-refractivity contribution in [1.82, 2.24) is 10.3 Å². The topological polar surface area (TPSA) is 68.0 Å². The molecule has 21 heavy (non-hydrogen) atoms. The third-order valence-electron chi connectivity index (χ3n) is 4.47. The molecule has 2 heterocycles. The zero-order valence-corrected chi connectivity index (χ0v) is 13.1. The fourth-order valence-corrected chi connectivity index (χ4v) is 4.10. The molecule has 2 aromatic rings. The molecule has 0 spiro atoms. The molecule has 4 nitrogen and oxygen atoms in total. The van der Waals surface area contributed by atoms with Crippen LogP contribution in [0.3, 0.4) is 0 Å². The van der Waals surface area contributed by atoms with Crippen LogP contribution < -0.4 is 11.1 Å². The van der Waals surface area contributed by atoms with Crippen molar-refractivity contribution in [3.05, 3.63) is 23.3 Å². The van der Waals surface area contributed by atoms with Gasteiger partial charge in [0.1, 0.15) is 4.88 Å². The Bertz CT molecular complexity index is 659. The van der Waals surface area contributed by atoms with E-state index in [4.69, 9.17) is 5.73 Å². The molecule has 5 heteroatoms. The van der Waals surface area contributed by atoms with E-state index in [9.17, 15) is 4.79 Å². The summed E-state index contributed by atoms with van der Waals surface area (Å²) in [5, 5.41) is 4.00. The van der Waals surface area contributed by atoms with Gasteiger partial charge in [-0.1, -0.05) is 26.2 Å². The maximum absolute atomic E-state index is 12.4. The molecule has 1 aliphatic rings. The second-order valence-electron chi connectivity index (χ2n) is 6.27. The van der Waals surface area contributed by atoms with E-state index in [0.29, 0.717) is 10.6 Å². The summed E-state index contributed by atoms with van der Waals surface area (Å²) in [5.74, 6) is -0.0551. The predicted molar refractivity (Wildman–Crippen MR) is 87.6 cm³/mol. The molecular weight excluding hydrogens is 282 g/mol. The third-order valence-corrected chi connectivity index (χ3v) is 5.63. The van der Waals surface area contributed by atoms with Gasteiger partial charge in [0.25, 0.3) is 5.91 Å². The first kappa shape index (κ1) is 14.3. The van der Waals surface area contributed by atoms with E-state index in [1.54, 1.807) is 12.4 Å². The number of amides is 1. The summed E-state index contributed by atoms with van der Waals surface area (Å²) >= 11 is 1.42. The summed E-state index contributed by atoms with van der Waals surface area (Å²) in [6.45, 7) is 3.00. The number of fused-ring (bicyclic) bond motifs is 1. The van der Waals surface area contributed by atoms with Gasteiger partial charge in [0.2, 0.25) is 0 Å². The Hall–Kier alpha value is -1.62. The lowest BCUT2D eigenvalue weighted by atomic mass is 9.76. The number of pyridine rings is 1. The molecule has 0 aliphatic heterocycles. The average Bonchev–Trinajstić information content (AvgIpc) is 2.84. The van der Waals surface area contributed by atoms with Crippen LogP contribution in [0.2, 0.25) is 0 Å². The molecule has 0 radical (unpaired) electrons.